The second-order valence-electron chi connectivity index (χ2n) is 4.49. The number of imide groups is 2. The van der Waals surface area contributed by atoms with Crippen LogP contribution in [0.2, 0.25) is 0 Å². The van der Waals surface area contributed by atoms with Crippen LogP contribution in [0.25, 0.3) is 0 Å². The van der Waals surface area contributed by atoms with Crippen LogP contribution in [0.3, 0.4) is 0 Å². The fraction of sp³-hybridized carbons (Fsp3) is 0.308. The Kier molecular flexibility index (Phi) is 4.45. The van der Waals surface area contributed by atoms with Crippen LogP contribution in [0.4, 0.5) is 9.59 Å². The number of nitrogens with zero attached hydrogens (tertiary/aromatic N) is 1. The maximum absolute atomic E-state index is 12.2. The summed E-state index contributed by atoms with van der Waals surface area (Å²) in [6, 6.07) is 4.07. The van der Waals surface area contributed by atoms with Gasteiger partial charge < -0.3 is 4.74 Å². The highest BCUT2D eigenvalue weighted by Gasteiger charge is 2.45. The van der Waals surface area contributed by atoms with E-state index in [9.17, 15) is 22.8 Å². The Hall–Kier alpha value is -2.42. The van der Waals surface area contributed by atoms with Gasteiger partial charge in [0.05, 0.1) is 12.2 Å². The molecule has 0 unspecified atom stereocenters. The van der Waals surface area contributed by atoms with E-state index in [4.69, 9.17) is 0 Å². The number of fused-ring (bicyclic) bond motifs is 1. The molecule has 1 aromatic rings. The second kappa shape index (κ2) is 6.14. The zero-order valence-corrected chi connectivity index (χ0v) is 12.6. The number of amides is 4. The van der Waals surface area contributed by atoms with Crippen molar-refractivity contribution in [3.8, 4) is 0 Å². The van der Waals surface area contributed by atoms with E-state index in [1.54, 1.807) is 5.32 Å². The molecule has 1 aliphatic rings. The lowest BCUT2D eigenvalue weighted by Gasteiger charge is -2.13. The SMILES string of the molecule is CCCCOC(=O)NC(=O)N1C(=O)c2ccccc2S1(=O)=O. The lowest BCUT2D eigenvalue weighted by Crippen LogP contribution is -2.46. The molecule has 22 heavy (non-hydrogen) atoms. The average Bonchev–Trinajstić information content (AvgIpc) is 2.67. The monoisotopic (exact) mass is 326 g/mol. The van der Waals surface area contributed by atoms with Crippen LogP contribution >= 0.6 is 0 Å². The van der Waals surface area contributed by atoms with E-state index in [1.807, 2.05) is 6.92 Å². The van der Waals surface area contributed by atoms with Crippen LogP contribution < -0.4 is 5.32 Å². The zero-order chi connectivity index (χ0) is 16.3. The third kappa shape index (κ3) is 2.80. The molecule has 0 spiro atoms. The van der Waals surface area contributed by atoms with Crippen LogP contribution in [0, 0.1) is 0 Å². The molecule has 0 saturated carbocycles. The molecule has 0 radical (unpaired) electrons. The topological polar surface area (TPSA) is 110 Å². The number of hydrogen-bond donors (Lipinski definition) is 1. The van der Waals surface area contributed by atoms with Gasteiger partial charge in [-0.25, -0.2) is 23.3 Å². The number of urea groups is 1. The van der Waals surface area contributed by atoms with Crippen LogP contribution in [0.15, 0.2) is 29.2 Å². The van der Waals surface area contributed by atoms with E-state index in [0.29, 0.717) is 6.42 Å². The standard InChI is InChI=1S/C13H14N2O6S/c1-2-3-8-21-13(18)14-12(17)15-11(16)9-6-4-5-7-10(9)22(15,19)20/h4-7H,2-3,8H2,1H3,(H,14,17,18). The highest BCUT2D eigenvalue weighted by molar-refractivity contribution is 7.90. The maximum atomic E-state index is 12.2. The molecule has 0 aliphatic carbocycles. The quantitative estimate of drug-likeness (QED) is 0.842. The third-order valence-electron chi connectivity index (χ3n) is 2.94. The summed E-state index contributed by atoms with van der Waals surface area (Å²) in [5, 5.41) is 1.73. The summed E-state index contributed by atoms with van der Waals surface area (Å²) in [7, 11) is -4.30. The Labute approximate surface area is 127 Å². The van der Waals surface area contributed by atoms with E-state index in [0.717, 1.165) is 6.42 Å². The van der Waals surface area contributed by atoms with Gasteiger partial charge in [-0.2, -0.15) is 0 Å². The van der Waals surface area contributed by atoms with Gasteiger partial charge in [-0.15, -0.1) is 4.31 Å². The molecule has 4 amide bonds. The van der Waals surface area contributed by atoms with Crippen molar-refractivity contribution in [1.82, 2.24) is 9.62 Å². The number of nitrogens with one attached hydrogen (secondary N) is 1. The first kappa shape index (κ1) is 16.0. The van der Waals surface area contributed by atoms with Crippen molar-refractivity contribution in [2.75, 3.05) is 6.61 Å². The summed E-state index contributed by atoms with van der Waals surface area (Å²) in [6.45, 7) is 1.98. The predicted molar refractivity (Wildman–Crippen MR) is 74.6 cm³/mol. The summed E-state index contributed by atoms with van der Waals surface area (Å²) in [4.78, 5) is 35.0. The van der Waals surface area contributed by atoms with Crippen molar-refractivity contribution in [3.05, 3.63) is 29.8 Å². The number of alkyl carbamates (subject to hydrolysis) is 1. The van der Waals surface area contributed by atoms with E-state index >= 15 is 0 Å². The number of hydrogen-bond acceptors (Lipinski definition) is 6. The van der Waals surface area contributed by atoms with E-state index < -0.39 is 28.1 Å². The number of sulfonamides is 1. The van der Waals surface area contributed by atoms with E-state index in [2.05, 4.69) is 4.74 Å². The molecule has 2 rings (SSSR count). The molecule has 9 heteroatoms. The Morgan fingerprint density at radius 1 is 1.27 bits per heavy atom. The Morgan fingerprint density at radius 2 is 1.95 bits per heavy atom. The molecule has 0 fully saturated rings. The van der Waals surface area contributed by atoms with Crippen molar-refractivity contribution < 1.29 is 27.5 Å². The van der Waals surface area contributed by atoms with Gasteiger partial charge >= 0.3 is 12.1 Å². The van der Waals surface area contributed by atoms with Crippen molar-refractivity contribution >= 4 is 28.1 Å². The van der Waals surface area contributed by atoms with Crippen molar-refractivity contribution in [2.24, 2.45) is 0 Å². The zero-order valence-electron chi connectivity index (χ0n) is 11.7. The summed E-state index contributed by atoms with van der Waals surface area (Å²) < 4.78 is 29.1. The fourth-order valence-electron chi connectivity index (χ4n) is 1.87. The van der Waals surface area contributed by atoms with Gasteiger partial charge in [0.25, 0.3) is 15.9 Å². The van der Waals surface area contributed by atoms with Crippen LogP contribution in [0.5, 0.6) is 0 Å². The molecule has 1 aromatic carbocycles. The molecular weight excluding hydrogens is 312 g/mol. The third-order valence-corrected chi connectivity index (χ3v) is 4.67. The van der Waals surface area contributed by atoms with Gasteiger partial charge in [-0.05, 0) is 18.6 Å². The minimum Gasteiger partial charge on any atom is -0.449 e. The average molecular weight is 326 g/mol. The highest BCUT2D eigenvalue weighted by atomic mass is 32.2. The Balaban J connectivity index is 2.15. The molecule has 0 saturated heterocycles. The summed E-state index contributed by atoms with van der Waals surface area (Å²) in [5.41, 5.74) is -0.114. The number of ether oxygens (including phenoxy) is 1. The number of unbranched alkanes of at least 4 members (excludes halogenated alkanes) is 1. The van der Waals surface area contributed by atoms with Crippen LogP contribution in [0.1, 0.15) is 30.1 Å². The predicted octanol–water partition coefficient (Wildman–Crippen LogP) is 1.48. The van der Waals surface area contributed by atoms with Crippen molar-refractivity contribution in [2.45, 2.75) is 24.7 Å². The maximum Gasteiger partial charge on any atom is 0.415 e. The first-order valence-corrected chi connectivity index (χ1v) is 8.00. The Bertz CT molecular complexity index is 728. The largest absolute Gasteiger partial charge is 0.449 e. The molecule has 1 aliphatic heterocycles. The minimum absolute atomic E-state index is 0.0265. The van der Waals surface area contributed by atoms with Crippen molar-refractivity contribution in [1.29, 1.82) is 0 Å². The first-order valence-electron chi connectivity index (χ1n) is 6.56. The number of benzene rings is 1. The van der Waals surface area contributed by atoms with Gasteiger partial charge in [-0.3, -0.25) is 4.79 Å². The van der Waals surface area contributed by atoms with Crippen molar-refractivity contribution in [3.63, 3.8) is 0 Å². The Morgan fingerprint density at radius 3 is 2.59 bits per heavy atom. The van der Waals surface area contributed by atoms with E-state index in [-0.39, 0.29) is 21.4 Å². The van der Waals surface area contributed by atoms with Crippen LogP contribution in [-0.4, -0.2) is 37.4 Å². The first-order chi connectivity index (χ1) is 10.4. The highest BCUT2D eigenvalue weighted by Crippen LogP contribution is 2.29. The summed E-state index contributed by atoms with van der Waals surface area (Å²) in [6.07, 6.45) is 0.293. The second-order valence-corrected chi connectivity index (χ2v) is 6.25. The van der Waals surface area contributed by atoms with Gasteiger partial charge in [-0.1, -0.05) is 25.5 Å². The summed E-state index contributed by atoms with van der Waals surface area (Å²) in [5.74, 6) is -1.01. The van der Waals surface area contributed by atoms with Gasteiger partial charge in [0.1, 0.15) is 4.90 Å². The smallest absolute Gasteiger partial charge is 0.415 e. The number of carbonyl (C=O) groups excluding carboxylic acids is 3. The van der Waals surface area contributed by atoms with Crippen LogP contribution in [-0.2, 0) is 14.8 Å². The molecule has 118 valence electrons. The minimum atomic E-state index is -4.30. The molecular formula is C13H14N2O6S. The molecule has 1 heterocycles. The fourth-order valence-corrected chi connectivity index (χ4v) is 3.33. The number of rotatable bonds is 3. The normalized spacial score (nSPS) is 15.3. The molecule has 1 N–H and O–H groups in total. The lowest BCUT2D eigenvalue weighted by atomic mass is 10.2. The molecule has 0 atom stereocenters. The summed E-state index contributed by atoms with van der Waals surface area (Å²) >= 11 is 0. The lowest BCUT2D eigenvalue weighted by molar-refractivity contribution is 0.0892. The van der Waals surface area contributed by atoms with Gasteiger partial charge in [0.15, 0.2) is 0 Å². The number of carbonyl (C=O) groups is 3. The van der Waals surface area contributed by atoms with Gasteiger partial charge in [0.2, 0.25) is 0 Å². The molecule has 8 nitrogen and oxygen atoms in total. The van der Waals surface area contributed by atoms with Gasteiger partial charge in [0, 0.05) is 0 Å². The molecule has 0 bridgehead atoms. The molecule has 0 aromatic heterocycles. The van der Waals surface area contributed by atoms with E-state index in [1.165, 1.54) is 24.3 Å².